The van der Waals surface area contributed by atoms with E-state index in [4.69, 9.17) is 10.6 Å². The Morgan fingerprint density at radius 1 is 1.48 bits per heavy atom. The van der Waals surface area contributed by atoms with Crippen molar-refractivity contribution in [1.29, 1.82) is 0 Å². The number of β-lactam (4-membered cyclic amide) rings is 1. The zero-order valence-electron chi connectivity index (χ0n) is 18.6. The van der Waals surface area contributed by atoms with Crippen molar-refractivity contribution in [3.05, 3.63) is 33.7 Å². The maximum Gasteiger partial charge on any atom is 1.00 e. The van der Waals surface area contributed by atoms with E-state index in [0.29, 0.717) is 5.69 Å². The minimum Gasteiger partial charge on any atom is -1.00 e. The third-order valence-electron chi connectivity index (χ3n) is 5.00. The second-order valence-corrected chi connectivity index (χ2v) is 9.73. The molecule has 11 nitrogen and oxygen atoms in total. The van der Waals surface area contributed by atoms with Crippen molar-refractivity contribution >= 4 is 69.1 Å². The van der Waals surface area contributed by atoms with Gasteiger partial charge in [0.1, 0.15) is 29.6 Å². The zero-order chi connectivity index (χ0) is 22.9. The van der Waals surface area contributed by atoms with E-state index in [0.717, 1.165) is 11.3 Å². The molecule has 2 amide bonds. The molecule has 2 saturated heterocycles. The molecule has 15 heteroatoms. The summed E-state index contributed by atoms with van der Waals surface area (Å²) in [6.45, 7) is 0.00742. The number of carbonyl (C=O) groups excluding carboxylic acids is 2. The molecule has 2 aromatic heterocycles. The fraction of sp³-hybridized carbons (Fsp3) is 0.333. The van der Waals surface area contributed by atoms with Crippen LogP contribution in [0.3, 0.4) is 0 Å². The first-order chi connectivity index (χ1) is 15.3. The van der Waals surface area contributed by atoms with E-state index in [9.17, 15) is 19.5 Å². The molecule has 4 N–H and O–H groups in total. The zero-order valence-corrected chi connectivity index (χ0v) is 22.1. The number of nitrogen functional groups attached to an aromatic ring is 1. The number of thioether (sulfide) groups is 1. The summed E-state index contributed by atoms with van der Waals surface area (Å²) < 4.78 is 0. The Morgan fingerprint density at radius 3 is 2.88 bits per heavy atom. The average molecular weight is 519 g/mol. The van der Waals surface area contributed by atoms with Gasteiger partial charge in [-0.05, 0) is 6.08 Å². The van der Waals surface area contributed by atoms with Gasteiger partial charge in [0.15, 0.2) is 10.8 Å². The number of thiazole rings is 2. The Morgan fingerprint density at radius 2 is 2.27 bits per heavy atom. The van der Waals surface area contributed by atoms with Crippen molar-refractivity contribution < 1.29 is 55.3 Å². The first kappa shape index (κ1) is 25.6. The van der Waals surface area contributed by atoms with Gasteiger partial charge in [-0.2, -0.15) is 0 Å². The third-order valence-corrected chi connectivity index (χ3v) is 7.83. The molecule has 4 heterocycles. The van der Waals surface area contributed by atoms with E-state index in [1.54, 1.807) is 28.4 Å². The Kier molecular flexibility index (Phi) is 8.18. The van der Waals surface area contributed by atoms with Crippen LogP contribution in [0.2, 0.25) is 0 Å². The van der Waals surface area contributed by atoms with Crippen LogP contribution < -0.4 is 40.6 Å². The Balaban J connectivity index is 0.00000204. The van der Waals surface area contributed by atoms with Crippen molar-refractivity contribution in [2.24, 2.45) is 10.6 Å². The molecular formula is C18H19N6NaO5S3. The van der Waals surface area contributed by atoms with E-state index >= 15 is 0 Å². The van der Waals surface area contributed by atoms with E-state index < -0.39 is 23.3 Å². The number of nitrogens with one attached hydrogen (secondary N) is 1. The number of hydrogen-bond acceptors (Lipinski definition) is 11. The molecule has 4 rings (SSSR count). The maximum atomic E-state index is 12.8. The second-order valence-electron chi connectivity index (χ2n) is 7.02. The summed E-state index contributed by atoms with van der Waals surface area (Å²) in [4.78, 5) is 51.9. The summed E-state index contributed by atoms with van der Waals surface area (Å²) >= 11 is 3.85. The molecule has 170 valence electrons. The number of hydrogen-bond donors (Lipinski definition) is 3. The summed E-state index contributed by atoms with van der Waals surface area (Å²) in [5, 5.41) is 19.5. The molecule has 2 aromatic rings. The van der Waals surface area contributed by atoms with Gasteiger partial charge in [-0.3, -0.25) is 14.4 Å². The predicted octanol–water partition coefficient (Wildman–Crippen LogP) is -2.17. The molecule has 0 aliphatic carbocycles. The number of carboxylic acid groups (broad SMARTS) is 1. The quantitative estimate of drug-likeness (QED) is 0.160. The van der Waals surface area contributed by atoms with Gasteiger partial charge in [0.05, 0.1) is 11.2 Å². The van der Waals surface area contributed by atoms with Crippen LogP contribution in [-0.2, 0) is 19.2 Å². The molecule has 0 aromatic carbocycles. The van der Waals surface area contributed by atoms with Crippen LogP contribution in [0, 0.1) is 5.41 Å². The molecule has 0 saturated carbocycles. The number of oxime groups is 1. The number of carboxylic acids is 1. The largest absolute Gasteiger partial charge is 1.00 e. The number of nitrogens with two attached hydrogens (primary N) is 1. The normalized spacial score (nSPS) is 24.6. The number of carbonyl (C=O) groups is 3. The number of nitrogens with zero attached hydrogens (tertiary/aromatic N) is 4. The molecular weight excluding hydrogens is 499 g/mol. The minimum absolute atomic E-state index is 0. The van der Waals surface area contributed by atoms with Crippen LogP contribution in [-0.4, -0.2) is 74.3 Å². The maximum absolute atomic E-state index is 12.8. The van der Waals surface area contributed by atoms with Gasteiger partial charge < -0.3 is 27.3 Å². The SMILES string of the molecule is CON=C(C(=O)NC1C(=O)N2CC(C=Cc3cscn3)(C(=O)O)CS[C@H]12)c1csc(N)n1.[H-].[Na+]. The number of aliphatic carboxylic acids is 1. The van der Waals surface area contributed by atoms with Crippen LogP contribution in [0.5, 0.6) is 0 Å². The third kappa shape index (κ3) is 5.10. The number of anilines is 1. The monoisotopic (exact) mass is 518 g/mol. The number of rotatable bonds is 7. The molecule has 0 bridgehead atoms. The fourth-order valence-electron chi connectivity index (χ4n) is 3.35. The second kappa shape index (κ2) is 10.5. The molecule has 3 atom stereocenters. The van der Waals surface area contributed by atoms with E-state index in [1.165, 1.54) is 35.1 Å². The van der Waals surface area contributed by atoms with Crippen LogP contribution >= 0.6 is 34.4 Å². The molecule has 2 unspecified atom stereocenters. The molecule has 0 radical (unpaired) electrons. The Bertz CT molecular complexity index is 1110. The molecule has 33 heavy (non-hydrogen) atoms. The first-order valence-corrected chi connectivity index (χ1v) is 12.1. The summed E-state index contributed by atoms with van der Waals surface area (Å²) in [5.74, 6) is -1.77. The first-order valence-electron chi connectivity index (χ1n) is 9.21. The standard InChI is InChI=1S/C18H18N6O5S3.Na.H/c1-29-23-11(10-5-31-17(19)21-10)13(25)22-12-14(26)24-6-18(16(27)28,7-32-15(12)24)3-2-9-4-30-8-20-9;;/h2-5,8,12,15H,6-7H2,1H3,(H2,19,21)(H,22,25)(H,27,28);;/q;+1;-1/t12?,15-,18?;;/m1../s1. The number of amides is 2. The van der Waals surface area contributed by atoms with Crippen LogP contribution in [0.15, 0.2) is 27.5 Å². The number of fused-ring (bicyclic) bond motifs is 1. The van der Waals surface area contributed by atoms with Crippen molar-refractivity contribution in [2.45, 2.75) is 11.4 Å². The minimum atomic E-state index is -1.24. The van der Waals surface area contributed by atoms with Gasteiger partial charge in [-0.25, -0.2) is 9.97 Å². The summed E-state index contributed by atoms with van der Waals surface area (Å²) in [5.41, 5.74) is 6.85. The van der Waals surface area contributed by atoms with E-state index in [-0.39, 0.29) is 71.1 Å². The van der Waals surface area contributed by atoms with Gasteiger partial charge in [0, 0.05) is 23.1 Å². The number of aromatic nitrogens is 2. The van der Waals surface area contributed by atoms with Crippen molar-refractivity contribution in [3.8, 4) is 0 Å². The fourth-order valence-corrected chi connectivity index (χ4v) is 5.93. The molecule has 2 fully saturated rings. The van der Waals surface area contributed by atoms with E-state index in [1.807, 2.05) is 0 Å². The molecule has 2 aliphatic heterocycles. The molecule has 2 aliphatic rings. The van der Waals surface area contributed by atoms with Gasteiger partial charge >= 0.3 is 35.5 Å². The van der Waals surface area contributed by atoms with Crippen LogP contribution in [0.4, 0.5) is 5.13 Å². The summed E-state index contributed by atoms with van der Waals surface area (Å²) in [7, 11) is 1.29. The average Bonchev–Trinajstić information content (AvgIpc) is 3.45. The van der Waals surface area contributed by atoms with E-state index in [2.05, 4.69) is 20.4 Å². The summed E-state index contributed by atoms with van der Waals surface area (Å²) in [6.07, 6.45) is 3.24. The van der Waals surface area contributed by atoms with Gasteiger partial charge in [0.2, 0.25) is 5.91 Å². The van der Waals surface area contributed by atoms with Crippen molar-refractivity contribution in [1.82, 2.24) is 20.2 Å². The predicted molar refractivity (Wildman–Crippen MR) is 122 cm³/mol. The van der Waals surface area contributed by atoms with Crippen LogP contribution in [0.25, 0.3) is 6.08 Å². The van der Waals surface area contributed by atoms with Gasteiger partial charge in [-0.15, -0.1) is 34.4 Å². The smallest absolute Gasteiger partial charge is 1.00 e. The van der Waals surface area contributed by atoms with Gasteiger partial charge in [-0.1, -0.05) is 11.2 Å². The van der Waals surface area contributed by atoms with Crippen LogP contribution in [0.1, 0.15) is 12.8 Å². The Labute approximate surface area is 224 Å². The summed E-state index contributed by atoms with van der Waals surface area (Å²) in [6, 6.07) is -0.806. The van der Waals surface area contributed by atoms with Gasteiger partial charge in [0.25, 0.3) is 5.91 Å². The van der Waals surface area contributed by atoms with Crippen molar-refractivity contribution in [3.63, 3.8) is 0 Å². The molecule has 0 spiro atoms. The Hall–Kier alpha value is -1.97. The topological polar surface area (TPSA) is 160 Å². The van der Waals surface area contributed by atoms with Crippen molar-refractivity contribution in [2.75, 3.05) is 25.1 Å².